The Labute approximate surface area is 149 Å². The van der Waals surface area contributed by atoms with E-state index in [4.69, 9.17) is 0 Å². The van der Waals surface area contributed by atoms with Gasteiger partial charge in [0.2, 0.25) is 0 Å². The summed E-state index contributed by atoms with van der Waals surface area (Å²) in [7, 11) is 0. The van der Waals surface area contributed by atoms with Crippen molar-refractivity contribution >= 4 is 11.8 Å². The van der Waals surface area contributed by atoms with E-state index < -0.39 is 5.91 Å². The Kier molecular flexibility index (Phi) is 6.04. The number of hydrogen-bond donors (Lipinski definition) is 1. The normalized spacial score (nSPS) is 20.7. The van der Waals surface area contributed by atoms with Crippen molar-refractivity contribution in [3.05, 3.63) is 11.6 Å². The van der Waals surface area contributed by atoms with E-state index in [-0.39, 0.29) is 5.91 Å². The van der Waals surface area contributed by atoms with Gasteiger partial charge in [-0.05, 0) is 38.0 Å². The number of rotatable bonds is 4. The molecule has 25 heavy (non-hydrogen) atoms. The maximum Gasteiger partial charge on any atom is 0.311 e. The SMILES string of the molecule is C[C@H]1CCCN(C(=O)C(=O)NCCCc2nnc3n2CCCCC3)C1. The Morgan fingerprint density at radius 1 is 1.16 bits per heavy atom. The number of hydrogen-bond acceptors (Lipinski definition) is 4. The molecule has 1 aromatic rings. The summed E-state index contributed by atoms with van der Waals surface area (Å²) in [6.07, 6.45) is 8.29. The number of piperidine rings is 1. The standard InChI is InChI=1S/C18H29N5O2/c1-14-7-6-11-22(13-14)18(25)17(24)19-10-5-9-16-21-20-15-8-3-2-4-12-23(15)16/h14H,2-13H2,1H3,(H,19,24)/t14-/m0/s1. The minimum atomic E-state index is -0.478. The quantitative estimate of drug-likeness (QED) is 0.658. The molecule has 1 fully saturated rings. The zero-order valence-electron chi connectivity index (χ0n) is 15.2. The third kappa shape index (κ3) is 4.58. The lowest BCUT2D eigenvalue weighted by molar-refractivity contribution is -0.146. The summed E-state index contributed by atoms with van der Waals surface area (Å²) in [5.41, 5.74) is 0. The van der Waals surface area contributed by atoms with E-state index in [1.54, 1.807) is 4.90 Å². The predicted molar refractivity (Wildman–Crippen MR) is 93.9 cm³/mol. The Balaban J connectivity index is 1.42. The van der Waals surface area contributed by atoms with Gasteiger partial charge in [-0.25, -0.2) is 0 Å². The molecule has 2 amide bonds. The summed E-state index contributed by atoms with van der Waals surface area (Å²) >= 11 is 0. The van der Waals surface area contributed by atoms with Crippen LogP contribution in [0.1, 0.15) is 57.1 Å². The predicted octanol–water partition coefficient (Wildman–Crippen LogP) is 1.31. The number of likely N-dealkylation sites (tertiary alicyclic amines) is 1. The molecule has 2 aliphatic rings. The highest BCUT2D eigenvalue weighted by Crippen LogP contribution is 2.16. The van der Waals surface area contributed by atoms with Crippen LogP contribution in [0.4, 0.5) is 0 Å². The van der Waals surface area contributed by atoms with Crippen LogP contribution in [0.25, 0.3) is 0 Å². The van der Waals surface area contributed by atoms with Gasteiger partial charge in [0.25, 0.3) is 0 Å². The number of aryl methyl sites for hydroxylation is 2. The lowest BCUT2D eigenvalue weighted by Crippen LogP contribution is -2.47. The smallest absolute Gasteiger partial charge is 0.311 e. The van der Waals surface area contributed by atoms with Gasteiger partial charge in [0.05, 0.1) is 0 Å². The van der Waals surface area contributed by atoms with Gasteiger partial charge in [0.1, 0.15) is 11.6 Å². The summed E-state index contributed by atoms with van der Waals surface area (Å²) in [6.45, 7) is 5.01. The van der Waals surface area contributed by atoms with E-state index in [2.05, 4.69) is 27.0 Å². The van der Waals surface area contributed by atoms with Gasteiger partial charge in [-0.2, -0.15) is 0 Å². The Hall–Kier alpha value is -1.92. The molecule has 0 spiro atoms. The van der Waals surface area contributed by atoms with E-state index in [1.807, 2.05) is 0 Å². The molecule has 1 aromatic heterocycles. The second-order valence-corrected chi connectivity index (χ2v) is 7.35. The first-order valence-corrected chi connectivity index (χ1v) is 9.63. The first-order valence-electron chi connectivity index (χ1n) is 9.63. The van der Waals surface area contributed by atoms with Crippen LogP contribution in [0.15, 0.2) is 0 Å². The second kappa shape index (κ2) is 8.45. The van der Waals surface area contributed by atoms with Crippen LogP contribution in [0, 0.1) is 5.92 Å². The molecule has 0 unspecified atom stereocenters. The largest absolute Gasteiger partial charge is 0.348 e. The molecule has 0 bridgehead atoms. The number of carbonyl (C=O) groups is 2. The van der Waals surface area contributed by atoms with Gasteiger partial charge in [0.15, 0.2) is 0 Å². The highest BCUT2D eigenvalue weighted by molar-refractivity contribution is 6.35. The van der Waals surface area contributed by atoms with Gasteiger partial charge < -0.3 is 14.8 Å². The molecule has 3 heterocycles. The zero-order valence-corrected chi connectivity index (χ0v) is 15.2. The van der Waals surface area contributed by atoms with Crippen LogP contribution < -0.4 is 5.32 Å². The topological polar surface area (TPSA) is 80.1 Å². The van der Waals surface area contributed by atoms with Crippen LogP contribution in [-0.2, 0) is 29.0 Å². The Bertz CT molecular complexity index is 613. The fourth-order valence-corrected chi connectivity index (χ4v) is 3.77. The molecule has 0 radical (unpaired) electrons. The fourth-order valence-electron chi connectivity index (χ4n) is 3.77. The van der Waals surface area contributed by atoms with Gasteiger partial charge in [-0.3, -0.25) is 9.59 Å². The zero-order chi connectivity index (χ0) is 17.6. The molecule has 1 N–H and O–H groups in total. The molecule has 0 aliphatic carbocycles. The van der Waals surface area contributed by atoms with E-state index in [1.165, 1.54) is 19.3 Å². The first kappa shape index (κ1) is 17.9. The lowest BCUT2D eigenvalue weighted by Gasteiger charge is -2.30. The van der Waals surface area contributed by atoms with Crippen molar-refractivity contribution in [2.45, 2.75) is 64.8 Å². The van der Waals surface area contributed by atoms with Crippen molar-refractivity contribution in [1.82, 2.24) is 25.0 Å². The number of aromatic nitrogens is 3. The molecule has 3 rings (SSSR count). The van der Waals surface area contributed by atoms with Crippen LogP contribution in [-0.4, -0.2) is 51.1 Å². The molecule has 0 saturated carbocycles. The molecular formula is C18H29N5O2. The highest BCUT2D eigenvalue weighted by Gasteiger charge is 2.25. The summed E-state index contributed by atoms with van der Waals surface area (Å²) in [5.74, 6) is 1.71. The number of amides is 2. The van der Waals surface area contributed by atoms with Crippen LogP contribution in [0.5, 0.6) is 0 Å². The van der Waals surface area contributed by atoms with E-state index in [0.717, 1.165) is 50.3 Å². The second-order valence-electron chi connectivity index (χ2n) is 7.35. The van der Waals surface area contributed by atoms with E-state index in [0.29, 0.717) is 25.6 Å². The van der Waals surface area contributed by atoms with Crippen molar-refractivity contribution in [2.75, 3.05) is 19.6 Å². The maximum atomic E-state index is 12.2. The maximum absolute atomic E-state index is 12.2. The third-order valence-corrected chi connectivity index (χ3v) is 5.19. The van der Waals surface area contributed by atoms with Crippen LogP contribution in [0.3, 0.4) is 0 Å². The molecule has 0 aromatic carbocycles. The van der Waals surface area contributed by atoms with Crippen molar-refractivity contribution < 1.29 is 9.59 Å². The first-order chi connectivity index (χ1) is 12.1. The fraction of sp³-hybridized carbons (Fsp3) is 0.778. The number of nitrogens with zero attached hydrogens (tertiary/aromatic N) is 4. The van der Waals surface area contributed by atoms with Gasteiger partial charge in [0, 0.05) is 39.0 Å². The van der Waals surface area contributed by atoms with Gasteiger partial charge >= 0.3 is 11.8 Å². The summed E-state index contributed by atoms with van der Waals surface area (Å²) in [4.78, 5) is 25.9. The van der Waals surface area contributed by atoms with E-state index in [9.17, 15) is 9.59 Å². The van der Waals surface area contributed by atoms with Gasteiger partial charge in [-0.15, -0.1) is 10.2 Å². The summed E-state index contributed by atoms with van der Waals surface area (Å²) in [5, 5.41) is 11.4. The molecule has 2 aliphatic heterocycles. The molecule has 7 heteroatoms. The van der Waals surface area contributed by atoms with Crippen molar-refractivity contribution in [2.24, 2.45) is 5.92 Å². The van der Waals surface area contributed by atoms with Crippen molar-refractivity contribution in [3.8, 4) is 0 Å². The average molecular weight is 347 g/mol. The molecule has 1 atom stereocenters. The molecule has 7 nitrogen and oxygen atoms in total. The number of fused-ring (bicyclic) bond motifs is 1. The minimum Gasteiger partial charge on any atom is -0.348 e. The number of nitrogens with one attached hydrogen (secondary N) is 1. The number of carbonyl (C=O) groups excluding carboxylic acids is 2. The highest BCUT2D eigenvalue weighted by atomic mass is 16.2. The monoisotopic (exact) mass is 347 g/mol. The minimum absolute atomic E-state index is 0.386. The van der Waals surface area contributed by atoms with Crippen molar-refractivity contribution in [1.29, 1.82) is 0 Å². The molecule has 1 saturated heterocycles. The third-order valence-electron chi connectivity index (χ3n) is 5.19. The van der Waals surface area contributed by atoms with Crippen LogP contribution >= 0.6 is 0 Å². The van der Waals surface area contributed by atoms with Crippen LogP contribution in [0.2, 0.25) is 0 Å². The Morgan fingerprint density at radius 3 is 2.88 bits per heavy atom. The summed E-state index contributed by atoms with van der Waals surface area (Å²) in [6, 6.07) is 0. The Morgan fingerprint density at radius 2 is 2.04 bits per heavy atom. The summed E-state index contributed by atoms with van der Waals surface area (Å²) < 4.78 is 2.23. The van der Waals surface area contributed by atoms with E-state index >= 15 is 0 Å². The van der Waals surface area contributed by atoms with Gasteiger partial charge in [-0.1, -0.05) is 13.3 Å². The molecular weight excluding hydrogens is 318 g/mol. The average Bonchev–Trinajstić information content (AvgIpc) is 2.84. The lowest BCUT2D eigenvalue weighted by atomic mass is 10.0. The van der Waals surface area contributed by atoms with Crippen molar-refractivity contribution in [3.63, 3.8) is 0 Å². The molecule has 138 valence electrons.